The van der Waals surface area contributed by atoms with Gasteiger partial charge in [0, 0.05) is 19.6 Å². The Hall–Kier alpha value is -0.120. The molecule has 1 rings (SSSR count). The summed E-state index contributed by atoms with van der Waals surface area (Å²) in [6, 6.07) is 0. The summed E-state index contributed by atoms with van der Waals surface area (Å²) in [7, 11) is 4.03. The second kappa shape index (κ2) is 4.94. The first kappa shape index (κ1) is 11.0. The molecular weight excluding hydrogens is 164 g/mol. The van der Waals surface area contributed by atoms with Crippen LogP contribution >= 0.6 is 0 Å². The number of nitrogens with one attached hydrogen (secondary N) is 1. The minimum atomic E-state index is -0.386. The number of likely N-dealkylation sites (N-methyl/N-ethyl adjacent to an activating group) is 2. The fourth-order valence-electron chi connectivity index (χ4n) is 2.08. The minimum Gasteiger partial charge on any atom is -0.389 e. The molecule has 0 unspecified atom stereocenters. The molecule has 3 heteroatoms. The first-order valence-electron chi connectivity index (χ1n) is 5.22. The molecule has 2 N–H and O–H groups in total. The highest BCUT2D eigenvalue weighted by atomic mass is 16.3. The van der Waals surface area contributed by atoms with Crippen LogP contribution in [0.1, 0.15) is 25.7 Å². The van der Waals surface area contributed by atoms with Crippen molar-refractivity contribution in [2.45, 2.75) is 31.3 Å². The molecule has 0 heterocycles. The zero-order chi connectivity index (χ0) is 9.73. The SMILES string of the molecule is CNCCN(C)CC1(O)CCCC1. The molecule has 1 saturated carbocycles. The Labute approximate surface area is 81.1 Å². The van der Waals surface area contributed by atoms with Crippen LogP contribution < -0.4 is 5.32 Å². The van der Waals surface area contributed by atoms with Crippen molar-refractivity contribution in [1.29, 1.82) is 0 Å². The fourth-order valence-corrected chi connectivity index (χ4v) is 2.08. The summed E-state index contributed by atoms with van der Waals surface area (Å²) in [5.74, 6) is 0. The predicted molar refractivity (Wildman–Crippen MR) is 54.8 cm³/mol. The van der Waals surface area contributed by atoms with Gasteiger partial charge in [0.1, 0.15) is 0 Å². The molecule has 0 bridgehead atoms. The molecule has 0 aromatic carbocycles. The lowest BCUT2D eigenvalue weighted by atomic mass is 10.0. The van der Waals surface area contributed by atoms with E-state index in [4.69, 9.17) is 0 Å². The quantitative estimate of drug-likeness (QED) is 0.654. The molecule has 13 heavy (non-hydrogen) atoms. The molecule has 0 spiro atoms. The first-order valence-corrected chi connectivity index (χ1v) is 5.22. The third-order valence-electron chi connectivity index (χ3n) is 2.84. The van der Waals surface area contributed by atoms with E-state index in [0.29, 0.717) is 0 Å². The van der Waals surface area contributed by atoms with Gasteiger partial charge in [-0.15, -0.1) is 0 Å². The maximum atomic E-state index is 10.1. The van der Waals surface area contributed by atoms with E-state index < -0.39 is 0 Å². The zero-order valence-electron chi connectivity index (χ0n) is 8.84. The molecule has 0 radical (unpaired) electrons. The molecule has 3 nitrogen and oxygen atoms in total. The third-order valence-corrected chi connectivity index (χ3v) is 2.84. The van der Waals surface area contributed by atoms with Crippen LogP contribution in [-0.4, -0.2) is 49.3 Å². The van der Waals surface area contributed by atoms with Crippen molar-refractivity contribution < 1.29 is 5.11 Å². The van der Waals surface area contributed by atoms with Crippen molar-refractivity contribution in [1.82, 2.24) is 10.2 Å². The summed E-state index contributed by atoms with van der Waals surface area (Å²) in [6.07, 6.45) is 4.35. The van der Waals surface area contributed by atoms with Gasteiger partial charge in [-0.3, -0.25) is 0 Å². The lowest BCUT2D eigenvalue weighted by Gasteiger charge is -2.28. The Morgan fingerprint density at radius 1 is 1.38 bits per heavy atom. The van der Waals surface area contributed by atoms with Crippen molar-refractivity contribution in [3.05, 3.63) is 0 Å². The number of rotatable bonds is 5. The lowest BCUT2D eigenvalue weighted by molar-refractivity contribution is 0.0168. The molecule has 0 saturated heterocycles. The maximum absolute atomic E-state index is 10.1. The van der Waals surface area contributed by atoms with Crippen LogP contribution in [-0.2, 0) is 0 Å². The molecular formula is C10H22N2O. The highest BCUT2D eigenvalue weighted by molar-refractivity contribution is 4.86. The van der Waals surface area contributed by atoms with Gasteiger partial charge in [-0.05, 0) is 26.9 Å². The zero-order valence-corrected chi connectivity index (χ0v) is 8.84. The summed E-state index contributed by atoms with van der Waals surface area (Å²) in [6.45, 7) is 2.83. The average molecular weight is 186 g/mol. The Balaban J connectivity index is 2.21. The summed E-state index contributed by atoms with van der Waals surface area (Å²) < 4.78 is 0. The number of nitrogens with zero attached hydrogens (tertiary/aromatic N) is 1. The highest BCUT2D eigenvalue weighted by Gasteiger charge is 2.31. The van der Waals surface area contributed by atoms with E-state index in [1.54, 1.807) is 0 Å². The molecule has 0 aromatic rings. The van der Waals surface area contributed by atoms with Crippen LogP contribution in [0.5, 0.6) is 0 Å². The fraction of sp³-hybridized carbons (Fsp3) is 1.00. The van der Waals surface area contributed by atoms with E-state index in [2.05, 4.69) is 17.3 Å². The van der Waals surface area contributed by atoms with Crippen molar-refractivity contribution in [2.24, 2.45) is 0 Å². The molecule has 0 aromatic heterocycles. The Morgan fingerprint density at radius 3 is 2.54 bits per heavy atom. The smallest absolute Gasteiger partial charge is 0.0774 e. The molecule has 1 aliphatic rings. The largest absolute Gasteiger partial charge is 0.389 e. The second-order valence-corrected chi connectivity index (χ2v) is 4.27. The molecule has 0 aliphatic heterocycles. The molecule has 0 atom stereocenters. The van der Waals surface area contributed by atoms with E-state index in [-0.39, 0.29) is 5.60 Å². The second-order valence-electron chi connectivity index (χ2n) is 4.27. The van der Waals surface area contributed by atoms with Gasteiger partial charge in [-0.25, -0.2) is 0 Å². The summed E-state index contributed by atoms with van der Waals surface area (Å²) in [5, 5.41) is 13.2. The topological polar surface area (TPSA) is 35.5 Å². The Kier molecular flexibility index (Phi) is 4.16. The van der Waals surface area contributed by atoms with Crippen molar-refractivity contribution in [3.8, 4) is 0 Å². The third kappa shape index (κ3) is 3.63. The van der Waals surface area contributed by atoms with Crippen molar-refractivity contribution in [3.63, 3.8) is 0 Å². The van der Waals surface area contributed by atoms with Gasteiger partial charge in [-0.2, -0.15) is 0 Å². The van der Waals surface area contributed by atoms with E-state index >= 15 is 0 Å². The van der Waals surface area contributed by atoms with Crippen molar-refractivity contribution in [2.75, 3.05) is 33.7 Å². The van der Waals surface area contributed by atoms with Crippen LogP contribution in [0, 0.1) is 0 Å². The van der Waals surface area contributed by atoms with Gasteiger partial charge in [0.15, 0.2) is 0 Å². The molecule has 0 amide bonds. The summed E-state index contributed by atoms with van der Waals surface area (Å²) >= 11 is 0. The van der Waals surface area contributed by atoms with E-state index in [1.165, 1.54) is 12.8 Å². The molecule has 1 aliphatic carbocycles. The van der Waals surface area contributed by atoms with Crippen LogP contribution in [0.25, 0.3) is 0 Å². The number of hydrogen-bond donors (Lipinski definition) is 2. The van der Waals surface area contributed by atoms with E-state index in [1.807, 2.05) is 7.05 Å². The van der Waals surface area contributed by atoms with Crippen LogP contribution in [0.3, 0.4) is 0 Å². The lowest BCUT2D eigenvalue weighted by Crippen LogP contribution is -2.41. The predicted octanol–water partition coefficient (Wildman–Crippen LogP) is 0.443. The minimum absolute atomic E-state index is 0.386. The standard InChI is InChI=1S/C10H22N2O/c1-11-7-8-12(2)9-10(13)5-3-4-6-10/h11,13H,3-9H2,1-2H3. The van der Waals surface area contributed by atoms with E-state index in [9.17, 15) is 5.11 Å². The average Bonchev–Trinajstić information content (AvgIpc) is 2.48. The van der Waals surface area contributed by atoms with Gasteiger partial charge in [-0.1, -0.05) is 12.8 Å². The maximum Gasteiger partial charge on any atom is 0.0774 e. The molecule has 1 fully saturated rings. The summed E-state index contributed by atoms with van der Waals surface area (Å²) in [4.78, 5) is 2.21. The van der Waals surface area contributed by atoms with Crippen molar-refractivity contribution >= 4 is 0 Å². The number of hydrogen-bond acceptors (Lipinski definition) is 3. The monoisotopic (exact) mass is 186 g/mol. The van der Waals surface area contributed by atoms with E-state index in [0.717, 1.165) is 32.5 Å². The Bertz CT molecular complexity index is 144. The van der Waals surface area contributed by atoms with Gasteiger partial charge in [0.2, 0.25) is 0 Å². The Morgan fingerprint density at radius 2 is 2.00 bits per heavy atom. The normalized spacial score (nSPS) is 21.2. The number of aliphatic hydroxyl groups is 1. The first-order chi connectivity index (χ1) is 6.16. The summed E-state index contributed by atoms with van der Waals surface area (Å²) in [5.41, 5.74) is -0.386. The van der Waals surface area contributed by atoms with Crippen LogP contribution in [0.2, 0.25) is 0 Å². The highest BCUT2D eigenvalue weighted by Crippen LogP contribution is 2.29. The van der Waals surface area contributed by atoms with Gasteiger partial charge < -0.3 is 15.3 Å². The van der Waals surface area contributed by atoms with Crippen LogP contribution in [0.15, 0.2) is 0 Å². The van der Waals surface area contributed by atoms with Gasteiger partial charge in [0.05, 0.1) is 5.60 Å². The van der Waals surface area contributed by atoms with Gasteiger partial charge >= 0.3 is 0 Å². The van der Waals surface area contributed by atoms with Crippen LogP contribution in [0.4, 0.5) is 0 Å². The molecule has 78 valence electrons. The van der Waals surface area contributed by atoms with Gasteiger partial charge in [0.25, 0.3) is 0 Å².